The number of urea groups is 1. The molecule has 2 aromatic rings. The maximum Gasteiger partial charge on any atom is 0.322 e. The predicted molar refractivity (Wildman–Crippen MR) is 95.2 cm³/mol. The van der Waals surface area contributed by atoms with Gasteiger partial charge in [-0.05, 0) is 29.8 Å². The fraction of sp³-hybridized carbons (Fsp3) is 0.316. The fourth-order valence-corrected chi connectivity index (χ4v) is 2.88. The molecule has 3 rings (SSSR count). The maximum atomic E-state index is 13.6. The Morgan fingerprint density at radius 3 is 2.38 bits per heavy atom. The van der Waals surface area contributed by atoms with Crippen molar-refractivity contribution < 1.29 is 18.3 Å². The molecular formula is C19H21F2N3O2. The van der Waals surface area contributed by atoms with Gasteiger partial charge in [-0.25, -0.2) is 13.6 Å². The Morgan fingerprint density at radius 1 is 1.08 bits per heavy atom. The third-order valence-corrected chi connectivity index (χ3v) is 4.40. The summed E-state index contributed by atoms with van der Waals surface area (Å²) in [5, 5.41) is 2.50. The lowest BCUT2D eigenvalue weighted by atomic mass is 10.2. The van der Waals surface area contributed by atoms with Gasteiger partial charge in [-0.1, -0.05) is 12.1 Å². The highest BCUT2D eigenvalue weighted by atomic mass is 19.1. The van der Waals surface area contributed by atoms with E-state index in [1.807, 2.05) is 24.3 Å². The normalized spacial score (nSPS) is 15.0. The number of amides is 2. The van der Waals surface area contributed by atoms with Crippen molar-refractivity contribution in [1.82, 2.24) is 9.80 Å². The van der Waals surface area contributed by atoms with Crippen molar-refractivity contribution in [2.75, 3.05) is 38.6 Å². The molecule has 0 radical (unpaired) electrons. The lowest BCUT2D eigenvalue weighted by Crippen LogP contribution is -2.49. The number of benzene rings is 2. The second-order valence-electron chi connectivity index (χ2n) is 6.17. The van der Waals surface area contributed by atoms with Crippen LogP contribution in [0.15, 0.2) is 42.5 Å². The Hall–Kier alpha value is -2.67. The van der Waals surface area contributed by atoms with Crippen LogP contribution in [0, 0.1) is 11.6 Å². The molecule has 1 fully saturated rings. The molecule has 0 saturated carbocycles. The van der Waals surface area contributed by atoms with Crippen molar-refractivity contribution >= 4 is 11.7 Å². The maximum absolute atomic E-state index is 13.6. The summed E-state index contributed by atoms with van der Waals surface area (Å²) < 4.78 is 31.7. The minimum absolute atomic E-state index is 0.0166. The van der Waals surface area contributed by atoms with E-state index in [0.717, 1.165) is 37.5 Å². The topological polar surface area (TPSA) is 44.8 Å². The first kappa shape index (κ1) is 18.1. The predicted octanol–water partition coefficient (Wildman–Crippen LogP) is 3.32. The first-order valence-electron chi connectivity index (χ1n) is 8.41. The lowest BCUT2D eigenvalue weighted by molar-refractivity contribution is 0.143. The molecule has 2 amide bonds. The Bertz CT molecular complexity index is 760. The van der Waals surface area contributed by atoms with Crippen LogP contribution in [0.4, 0.5) is 19.3 Å². The van der Waals surface area contributed by atoms with Gasteiger partial charge in [-0.2, -0.15) is 0 Å². The number of nitrogens with zero attached hydrogens (tertiary/aromatic N) is 2. The van der Waals surface area contributed by atoms with Crippen molar-refractivity contribution in [3.8, 4) is 5.75 Å². The van der Waals surface area contributed by atoms with Crippen LogP contribution >= 0.6 is 0 Å². The molecule has 0 aromatic heterocycles. The minimum Gasteiger partial charge on any atom is -0.497 e. The van der Waals surface area contributed by atoms with Crippen LogP contribution in [0.3, 0.4) is 0 Å². The molecule has 1 aliphatic rings. The number of piperazine rings is 1. The molecule has 0 unspecified atom stereocenters. The number of anilines is 1. The molecule has 138 valence electrons. The highest BCUT2D eigenvalue weighted by Gasteiger charge is 2.22. The van der Waals surface area contributed by atoms with Gasteiger partial charge in [0, 0.05) is 38.8 Å². The van der Waals surface area contributed by atoms with Crippen LogP contribution in [-0.4, -0.2) is 49.1 Å². The van der Waals surface area contributed by atoms with Crippen molar-refractivity contribution in [3.05, 3.63) is 59.7 Å². The molecule has 1 N–H and O–H groups in total. The van der Waals surface area contributed by atoms with Crippen molar-refractivity contribution in [2.45, 2.75) is 6.54 Å². The van der Waals surface area contributed by atoms with Gasteiger partial charge in [0.1, 0.15) is 17.4 Å². The molecule has 1 aliphatic heterocycles. The second-order valence-corrected chi connectivity index (χ2v) is 6.17. The van der Waals surface area contributed by atoms with Crippen LogP contribution < -0.4 is 10.1 Å². The number of carbonyl (C=O) groups excluding carboxylic acids is 1. The van der Waals surface area contributed by atoms with Crippen LogP contribution in [0.1, 0.15) is 5.56 Å². The van der Waals surface area contributed by atoms with Gasteiger partial charge < -0.3 is 15.0 Å². The number of carbonyl (C=O) groups is 1. The summed E-state index contributed by atoms with van der Waals surface area (Å²) in [7, 11) is 1.64. The van der Waals surface area contributed by atoms with E-state index in [9.17, 15) is 13.6 Å². The van der Waals surface area contributed by atoms with E-state index in [0.29, 0.717) is 13.1 Å². The Balaban J connectivity index is 1.50. The monoisotopic (exact) mass is 361 g/mol. The second kappa shape index (κ2) is 8.14. The lowest BCUT2D eigenvalue weighted by Gasteiger charge is -2.34. The molecule has 0 bridgehead atoms. The number of methoxy groups -OCH3 is 1. The molecule has 5 nitrogen and oxygen atoms in total. The van der Waals surface area contributed by atoms with E-state index >= 15 is 0 Å². The standard InChI is InChI=1S/C19H21F2N3O2/c1-26-16-5-2-14(3-6-16)13-23-8-10-24(11-9-23)19(25)22-18-7-4-15(20)12-17(18)21/h2-7,12H,8-11,13H2,1H3,(H,22,25). The average Bonchev–Trinajstić information content (AvgIpc) is 2.65. The Kier molecular flexibility index (Phi) is 5.68. The highest BCUT2D eigenvalue weighted by Crippen LogP contribution is 2.17. The minimum atomic E-state index is -0.781. The zero-order valence-corrected chi connectivity index (χ0v) is 14.5. The van der Waals surface area contributed by atoms with Crippen LogP contribution in [0.25, 0.3) is 0 Å². The number of ether oxygens (including phenoxy) is 1. The summed E-state index contributed by atoms with van der Waals surface area (Å²) in [5.74, 6) is -0.632. The summed E-state index contributed by atoms with van der Waals surface area (Å²) in [5.41, 5.74) is 1.16. The SMILES string of the molecule is COc1ccc(CN2CCN(C(=O)Nc3ccc(F)cc3F)CC2)cc1. The van der Waals surface area contributed by atoms with Gasteiger partial charge in [0.25, 0.3) is 0 Å². The van der Waals surface area contributed by atoms with Gasteiger partial charge in [-0.15, -0.1) is 0 Å². The Morgan fingerprint density at radius 2 is 1.77 bits per heavy atom. The largest absolute Gasteiger partial charge is 0.497 e. The van der Waals surface area contributed by atoms with E-state index in [2.05, 4.69) is 10.2 Å². The summed E-state index contributed by atoms with van der Waals surface area (Å²) >= 11 is 0. The van der Waals surface area contributed by atoms with Gasteiger partial charge in [0.15, 0.2) is 0 Å². The van der Waals surface area contributed by atoms with E-state index in [1.54, 1.807) is 12.0 Å². The zero-order valence-electron chi connectivity index (χ0n) is 14.5. The number of rotatable bonds is 4. The molecular weight excluding hydrogens is 340 g/mol. The van der Waals surface area contributed by atoms with Gasteiger partial charge in [0.05, 0.1) is 12.8 Å². The van der Waals surface area contributed by atoms with Crippen LogP contribution in [0.5, 0.6) is 5.75 Å². The molecule has 2 aromatic carbocycles. The van der Waals surface area contributed by atoms with E-state index in [-0.39, 0.29) is 11.7 Å². The zero-order chi connectivity index (χ0) is 18.5. The molecule has 0 atom stereocenters. The third kappa shape index (κ3) is 4.49. The highest BCUT2D eigenvalue weighted by molar-refractivity contribution is 5.89. The quantitative estimate of drug-likeness (QED) is 0.909. The van der Waals surface area contributed by atoms with Crippen LogP contribution in [-0.2, 0) is 6.54 Å². The first-order chi connectivity index (χ1) is 12.5. The van der Waals surface area contributed by atoms with Gasteiger partial charge in [-0.3, -0.25) is 4.90 Å². The molecule has 1 heterocycles. The van der Waals surface area contributed by atoms with Gasteiger partial charge >= 0.3 is 6.03 Å². The summed E-state index contributed by atoms with van der Waals surface area (Å²) in [6.07, 6.45) is 0. The molecule has 7 heteroatoms. The average molecular weight is 361 g/mol. The fourth-order valence-electron chi connectivity index (χ4n) is 2.88. The molecule has 1 saturated heterocycles. The smallest absolute Gasteiger partial charge is 0.322 e. The molecule has 0 aliphatic carbocycles. The molecule has 26 heavy (non-hydrogen) atoms. The number of hydrogen-bond acceptors (Lipinski definition) is 3. The number of nitrogens with one attached hydrogen (secondary N) is 1. The summed E-state index contributed by atoms with van der Waals surface area (Å²) in [6, 6.07) is 10.6. The Labute approximate surface area is 151 Å². The third-order valence-electron chi connectivity index (χ3n) is 4.40. The van der Waals surface area contributed by atoms with Gasteiger partial charge in [0.2, 0.25) is 0 Å². The van der Waals surface area contributed by atoms with E-state index in [1.165, 1.54) is 11.6 Å². The van der Waals surface area contributed by atoms with Crippen molar-refractivity contribution in [1.29, 1.82) is 0 Å². The first-order valence-corrected chi connectivity index (χ1v) is 8.41. The van der Waals surface area contributed by atoms with Crippen molar-refractivity contribution in [2.24, 2.45) is 0 Å². The van der Waals surface area contributed by atoms with E-state index in [4.69, 9.17) is 4.74 Å². The number of hydrogen-bond donors (Lipinski definition) is 1. The summed E-state index contributed by atoms with van der Waals surface area (Å²) in [6.45, 7) is 3.35. The summed E-state index contributed by atoms with van der Waals surface area (Å²) in [4.78, 5) is 16.1. The van der Waals surface area contributed by atoms with E-state index < -0.39 is 11.6 Å². The molecule has 0 spiro atoms. The number of halogens is 2. The van der Waals surface area contributed by atoms with Crippen LogP contribution in [0.2, 0.25) is 0 Å². The van der Waals surface area contributed by atoms with Crippen molar-refractivity contribution in [3.63, 3.8) is 0 Å².